The van der Waals surface area contributed by atoms with E-state index in [1.165, 1.54) is 32.1 Å². The fourth-order valence-electron chi connectivity index (χ4n) is 4.01. The molecule has 0 spiro atoms. The molecule has 0 radical (unpaired) electrons. The SMILES string of the molecule is CC(C(=O)c1cccc(Cl)c1)N1CCCC2CCCC21. The highest BCUT2D eigenvalue weighted by Gasteiger charge is 2.38. The number of nitrogens with zero attached hydrogens (tertiary/aromatic N) is 1. The van der Waals surface area contributed by atoms with Crippen LogP contribution in [0.5, 0.6) is 0 Å². The summed E-state index contributed by atoms with van der Waals surface area (Å²) in [5.74, 6) is 1.03. The van der Waals surface area contributed by atoms with Gasteiger partial charge in [-0.25, -0.2) is 0 Å². The maximum atomic E-state index is 12.7. The molecule has 2 nitrogen and oxygen atoms in total. The Kier molecular flexibility index (Phi) is 4.13. The Labute approximate surface area is 126 Å². The molecule has 2 fully saturated rings. The minimum atomic E-state index is -0.0284. The third-order valence-corrected chi connectivity index (χ3v) is 5.26. The smallest absolute Gasteiger partial charge is 0.179 e. The number of carbonyl (C=O) groups excluding carboxylic acids is 1. The van der Waals surface area contributed by atoms with Crippen molar-refractivity contribution in [2.45, 2.75) is 51.1 Å². The molecule has 3 unspecified atom stereocenters. The van der Waals surface area contributed by atoms with Gasteiger partial charge in [0.05, 0.1) is 6.04 Å². The van der Waals surface area contributed by atoms with Gasteiger partial charge in [-0.1, -0.05) is 30.2 Å². The highest BCUT2D eigenvalue weighted by Crippen LogP contribution is 2.38. The van der Waals surface area contributed by atoms with Crippen molar-refractivity contribution in [1.82, 2.24) is 4.90 Å². The first kappa shape index (κ1) is 14.1. The summed E-state index contributed by atoms with van der Waals surface area (Å²) >= 11 is 6.00. The van der Waals surface area contributed by atoms with Gasteiger partial charge in [0, 0.05) is 16.6 Å². The molecule has 108 valence electrons. The number of fused-ring (bicyclic) bond motifs is 1. The maximum Gasteiger partial charge on any atom is 0.179 e. The highest BCUT2D eigenvalue weighted by atomic mass is 35.5. The molecule has 2 aliphatic rings. The van der Waals surface area contributed by atoms with Crippen molar-refractivity contribution in [3.63, 3.8) is 0 Å². The molecule has 0 aromatic heterocycles. The van der Waals surface area contributed by atoms with Crippen LogP contribution >= 0.6 is 11.6 Å². The van der Waals surface area contributed by atoms with Crippen LogP contribution in [-0.2, 0) is 0 Å². The van der Waals surface area contributed by atoms with Crippen molar-refractivity contribution in [2.75, 3.05) is 6.54 Å². The van der Waals surface area contributed by atoms with E-state index < -0.39 is 0 Å². The van der Waals surface area contributed by atoms with Gasteiger partial charge in [0.25, 0.3) is 0 Å². The van der Waals surface area contributed by atoms with E-state index in [4.69, 9.17) is 11.6 Å². The molecular formula is C17H22ClNO. The highest BCUT2D eigenvalue weighted by molar-refractivity contribution is 6.31. The zero-order valence-electron chi connectivity index (χ0n) is 12.0. The van der Waals surface area contributed by atoms with Gasteiger partial charge in [-0.05, 0) is 57.2 Å². The largest absolute Gasteiger partial charge is 0.292 e. The first-order valence-corrected chi connectivity index (χ1v) is 8.10. The van der Waals surface area contributed by atoms with Crippen molar-refractivity contribution in [3.05, 3.63) is 34.9 Å². The monoisotopic (exact) mass is 291 g/mol. The summed E-state index contributed by atoms with van der Waals surface area (Å²) in [5, 5.41) is 0.639. The van der Waals surface area contributed by atoms with E-state index in [-0.39, 0.29) is 11.8 Å². The summed E-state index contributed by atoms with van der Waals surface area (Å²) in [6.07, 6.45) is 6.51. The predicted octanol–water partition coefficient (Wildman–Crippen LogP) is 4.18. The van der Waals surface area contributed by atoms with Gasteiger partial charge < -0.3 is 0 Å². The molecule has 3 atom stereocenters. The zero-order valence-corrected chi connectivity index (χ0v) is 12.8. The minimum absolute atomic E-state index is 0.0284. The summed E-state index contributed by atoms with van der Waals surface area (Å²) in [6, 6.07) is 7.94. The van der Waals surface area contributed by atoms with Gasteiger partial charge in [-0.2, -0.15) is 0 Å². The molecule has 0 bridgehead atoms. The fraction of sp³-hybridized carbons (Fsp3) is 0.588. The molecule has 1 saturated carbocycles. The quantitative estimate of drug-likeness (QED) is 0.779. The summed E-state index contributed by atoms with van der Waals surface area (Å²) in [6.45, 7) is 3.12. The Bertz CT molecular complexity index is 502. The molecule has 1 aromatic rings. The van der Waals surface area contributed by atoms with Gasteiger partial charge in [-0.3, -0.25) is 9.69 Å². The Balaban J connectivity index is 1.77. The fourth-order valence-corrected chi connectivity index (χ4v) is 4.20. The number of rotatable bonds is 3. The number of likely N-dealkylation sites (tertiary alicyclic amines) is 1. The van der Waals surface area contributed by atoms with Crippen LogP contribution in [0.4, 0.5) is 0 Å². The molecule has 0 N–H and O–H groups in total. The number of hydrogen-bond acceptors (Lipinski definition) is 2. The van der Waals surface area contributed by atoms with Gasteiger partial charge >= 0.3 is 0 Å². The van der Waals surface area contributed by atoms with E-state index in [0.29, 0.717) is 11.1 Å². The Morgan fingerprint density at radius 2 is 2.10 bits per heavy atom. The van der Waals surface area contributed by atoms with Crippen LogP contribution in [-0.4, -0.2) is 29.3 Å². The van der Waals surface area contributed by atoms with Gasteiger partial charge in [0.1, 0.15) is 0 Å². The number of benzene rings is 1. The predicted molar refractivity (Wildman–Crippen MR) is 82.3 cm³/mol. The summed E-state index contributed by atoms with van der Waals surface area (Å²) in [7, 11) is 0. The van der Waals surface area contributed by atoms with Crippen LogP contribution in [0, 0.1) is 5.92 Å². The second-order valence-electron chi connectivity index (χ2n) is 6.19. The second kappa shape index (κ2) is 5.87. The first-order valence-electron chi connectivity index (χ1n) is 7.72. The van der Waals surface area contributed by atoms with E-state index in [1.54, 1.807) is 6.07 Å². The van der Waals surface area contributed by atoms with Crippen LogP contribution in [0.3, 0.4) is 0 Å². The molecule has 3 rings (SSSR count). The molecule has 1 aliphatic heterocycles. The molecule has 1 saturated heterocycles. The summed E-state index contributed by atoms with van der Waals surface area (Å²) < 4.78 is 0. The second-order valence-corrected chi connectivity index (χ2v) is 6.63. The van der Waals surface area contributed by atoms with Crippen LogP contribution < -0.4 is 0 Å². The van der Waals surface area contributed by atoms with Crippen LogP contribution in [0.2, 0.25) is 5.02 Å². The number of halogens is 1. The molecule has 1 heterocycles. The number of Topliss-reactive ketones (excluding diaryl/α,β-unsaturated/α-hetero) is 1. The number of carbonyl (C=O) groups is 1. The van der Waals surface area contributed by atoms with Crippen LogP contribution in [0.25, 0.3) is 0 Å². The van der Waals surface area contributed by atoms with E-state index >= 15 is 0 Å². The van der Waals surface area contributed by atoms with E-state index in [1.807, 2.05) is 18.2 Å². The summed E-state index contributed by atoms with van der Waals surface area (Å²) in [5.41, 5.74) is 0.741. The van der Waals surface area contributed by atoms with E-state index in [9.17, 15) is 4.79 Å². The van der Waals surface area contributed by atoms with Crippen molar-refractivity contribution >= 4 is 17.4 Å². The van der Waals surface area contributed by atoms with Gasteiger partial charge in [0.15, 0.2) is 5.78 Å². The molecule has 1 aromatic carbocycles. The molecule has 20 heavy (non-hydrogen) atoms. The maximum absolute atomic E-state index is 12.7. The van der Waals surface area contributed by atoms with Crippen LogP contribution in [0.1, 0.15) is 49.4 Å². The molecule has 1 aliphatic carbocycles. The average molecular weight is 292 g/mol. The average Bonchev–Trinajstić information content (AvgIpc) is 2.94. The normalized spacial score (nSPS) is 28.1. The zero-order chi connectivity index (χ0) is 14.1. The van der Waals surface area contributed by atoms with Gasteiger partial charge in [-0.15, -0.1) is 0 Å². The Hall–Kier alpha value is -0.860. The number of ketones is 1. The van der Waals surface area contributed by atoms with Crippen molar-refractivity contribution in [1.29, 1.82) is 0 Å². The van der Waals surface area contributed by atoms with E-state index in [0.717, 1.165) is 18.0 Å². The molecule has 3 heteroatoms. The summed E-state index contributed by atoms with van der Waals surface area (Å²) in [4.78, 5) is 15.1. The number of piperidine rings is 1. The Morgan fingerprint density at radius 1 is 1.30 bits per heavy atom. The minimum Gasteiger partial charge on any atom is -0.292 e. The lowest BCUT2D eigenvalue weighted by Crippen LogP contribution is -2.50. The molecular weight excluding hydrogens is 270 g/mol. The standard InChI is InChI=1S/C17H22ClNO/c1-12(17(20)14-6-2-8-15(18)11-14)19-10-4-7-13-5-3-9-16(13)19/h2,6,8,11-13,16H,3-5,7,9-10H2,1H3. The topological polar surface area (TPSA) is 20.3 Å². The lowest BCUT2D eigenvalue weighted by molar-refractivity contribution is 0.0565. The van der Waals surface area contributed by atoms with Crippen LogP contribution in [0.15, 0.2) is 24.3 Å². The van der Waals surface area contributed by atoms with E-state index in [2.05, 4.69) is 11.8 Å². The van der Waals surface area contributed by atoms with Gasteiger partial charge in [0.2, 0.25) is 0 Å². The lowest BCUT2D eigenvalue weighted by atomic mass is 9.89. The Morgan fingerprint density at radius 3 is 2.90 bits per heavy atom. The third-order valence-electron chi connectivity index (χ3n) is 5.02. The first-order chi connectivity index (χ1) is 9.66. The molecule has 0 amide bonds. The lowest BCUT2D eigenvalue weighted by Gasteiger charge is -2.41. The van der Waals surface area contributed by atoms with Crippen molar-refractivity contribution in [3.8, 4) is 0 Å². The number of hydrogen-bond donors (Lipinski definition) is 0. The third kappa shape index (κ3) is 2.64. The van der Waals surface area contributed by atoms with Crippen molar-refractivity contribution < 1.29 is 4.79 Å². The van der Waals surface area contributed by atoms with Crippen molar-refractivity contribution in [2.24, 2.45) is 5.92 Å².